The number of nitrogens with one attached hydrogen (secondary N) is 1. The summed E-state index contributed by atoms with van der Waals surface area (Å²) in [6.45, 7) is 3.88. The molecule has 0 aromatic heterocycles. The third-order valence-electron chi connectivity index (χ3n) is 5.04. The predicted octanol–water partition coefficient (Wildman–Crippen LogP) is 5.43. The Hall–Kier alpha value is -3.29. The van der Waals surface area contributed by atoms with Gasteiger partial charge in [0.2, 0.25) is 5.91 Å². The van der Waals surface area contributed by atoms with Crippen LogP contribution in [0.15, 0.2) is 60.2 Å². The zero-order chi connectivity index (χ0) is 24.2. The zero-order valence-electron chi connectivity index (χ0n) is 18.8. The smallest absolute Gasteiger partial charge is 0.410 e. The van der Waals surface area contributed by atoms with Gasteiger partial charge in [-0.15, -0.1) is 0 Å². The first-order chi connectivity index (χ1) is 15.4. The second kappa shape index (κ2) is 9.68. The van der Waals surface area contributed by atoms with E-state index in [9.17, 15) is 22.8 Å². The van der Waals surface area contributed by atoms with Crippen molar-refractivity contribution in [3.63, 3.8) is 0 Å². The van der Waals surface area contributed by atoms with Crippen molar-refractivity contribution >= 4 is 17.6 Å². The van der Waals surface area contributed by atoms with Crippen molar-refractivity contribution in [1.82, 2.24) is 10.2 Å². The third kappa shape index (κ3) is 6.84. The topological polar surface area (TPSA) is 58.6 Å². The van der Waals surface area contributed by atoms with Crippen LogP contribution in [0.25, 0.3) is 16.7 Å². The molecule has 0 spiro atoms. The van der Waals surface area contributed by atoms with Crippen LogP contribution in [0.4, 0.5) is 18.0 Å². The second-order valence-electron chi connectivity index (χ2n) is 8.85. The van der Waals surface area contributed by atoms with E-state index < -0.39 is 30.3 Å². The number of carbonyl (C=O) groups is 2. The summed E-state index contributed by atoms with van der Waals surface area (Å²) >= 11 is 0. The second-order valence-corrected chi connectivity index (χ2v) is 8.85. The van der Waals surface area contributed by atoms with Crippen LogP contribution >= 0.6 is 0 Å². The Morgan fingerprint density at radius 2 is 1.61 bits per heavy atom. The van der Waals surface area contributed by atoms with E-state index in [-0.39, 0.29) is 18.7 Å². The Kier molecular flexibility index (Phi) is 7.15. The van der Waals surface area contributed by atoms with Crippen molar-refractivity contribution in [2.24, 2.45) is 0 Å². The van der Waals surface area contributed by atoms with Gasteiger partial charge in [0, 0.05) is 12.1 Å². The lowest BCUT2D eigenvalue weighted by atomic mass is 9.91. The van der Waals surface area contributed by atoms with Crippen molar-refractivity contribution in [2.45, 2.75) is 39.0 Å². The van der Waals surface area contributed by atoms with E-state index >= 15 is 0 Å². The molecule has 0 saturated heterocycles. The molecular weight excluding hydrogens is 433 g/mol. The number of carbonyl (C=O) groups excluding carboxylic acids is 2. The number of alkyl halides is 3. The minimum atomic E-state index is -4.54. The van der Waals surface area contributed by atoms with E-state index in [4.69, 9.17) is 4.74 Å². The lowest BCUT2D eigenvalue weighted by Crippen LogP contribution is -2.44. The largest absolute Gasteiger partial charge is 0.444 e. The minimum Gasteiger partial charge on any atom is -0.444 e. The molecule has 0 saturated carbocycles. The van der Waals surface area contributed by atoms with E-state index in [0.717, 1.165) is 16.7 Å². The van der Waals surface area contributed by atoms with Crippen molar-refractivity contribution < 1.29 is 27.5 Å². The van der Waals surface area contributed by atoms with Crippen molar-refractivity contribution in [1.29, 1.82) is 0 Å². The molecule has 33 heavy (non-hydrogen) atoms. The summed E-state index contributed by atoms with van der Waals surface area (Å²) < 4.78 is 43.5. The van der Waals surface area contributed by atoms with Gasteiger partial charge in [0.05, 0.1) is 6.54 Å². The molecule has 0 unspecified atom stereocenters. The summed E-state index contributed by atoms with van der Waals surface area (Å²) in [6.07, 6.45) is -4.84. The molecule has 0 radical (unpaired) electrons. The van der Waals surface area contributed by atoms with Crippen molar-refractivity contribution in [3.8, 4) is 11.1 Å². The number of halogens is 3. The summed E-state index contributed by atoms with van der Waals surface area (Å²) in [5.41, 5.74) is 2.65. The van der Waals surface area contributed by atoms with E-state index in [1.54, 1.807) is 20.8 Å². The molecule has 0 bridgehead atoms. The van der Waals surface area contributed by atoms with E-state index in [2.05, 4.69) is 0 Å². The van der Waals surface area contributed by atoms with Gasteiger partial charge in [-0.2, -0.15) is 13.2 Å². The van der Waals surface area contributed by atoms with Crippen molar-refractivity contribution in [3.05, 3.63) is 65.7 Å². The molecule has 5 nitrogen and oxygen atoms in total. The molecule has 1 heterocycles. The van der Waals surface area contributed by atoms with Gasteiger partial charge in [-0.25, -0.2) is 4.79 Å². The maximum absolute atomic E-state index is 12.8. The van der Waals surface area contributed by atoms with Gasteiger partial charge in [-0.05, 0) is 55.5 Å². The van der Waals surface area contributed by atoms with Crippen LogP contribution in [0, 0.1) is 0 Å². The Morgan fingerprint density at radius 3 is 2.24 bits per heavy atom. The summed E-state index contributed by atoms with van der Waals surface area (Å²) in [7, 11) is 0. The fraction of sp³-hybridized carbons (Fsp3) is 0.360. The SMILES string of the molecule is CC(C)(C)OC(=O)N1CCC(c2cccc(-c3ccccc3)c2)=C(C(=O)NCC(F)(F)F)C1. The number of hydrogen-bond donors (Lipinski definition) is 1. The summed E-state index contributed by atoms with van der Waals surface area (Å²) in [5.74, 6) is -0.847. The molecule has 2 aromatic carbocycles. The van der Waals surface area contributed by atoms with Crippen LogP contribution in [0.5, 0.6) is 0 Å². The van der Waals surface area contributed by atoms with Gasteiger partial charge in [0.1, 0.15) is 12.1 Å². The first-order valence-corrected chi connectivity index (χ1v) is 10.6. The average molecular weight is 460 g/mol. The molecule has 1 N–H and O–H groups in total. The molecule has 3 rings (SSSR count). The Morgan fingerprint density at radius 1 is 0.970 bits per heavy atom. The van der Waals surface area contributed by atoms with Crippen LogP contribution in [0.2, 0.25) is 0 Å². The number of hydrogen-bond acceptors (Lipinski definition) is 3. The summed E-state index contributed by atoms with van der Waals surface area (Å²) in [6, 6.07) is 17.1. The highest BCUT2D eigenvalue weighted by Gasteiger charge is 2.33. The highest BCUT2D eigenvalue weighted by Crippen LogP contribution is 2.31. The average Bonchev–Trinajstić information content (AvgIpc) is 2.76. The van der Waals surface area contributed by atoms with Gasteiger partial charge in [-0.1, -0.05) is 48.5 Å². The maximum Gasteiger partial charge on any atom is 0.410 e. The Labute approximate surface area is 191 Å². The Bertz CT molecular complexity index is 1040. The van der Waals surface area contributed by atoms with Gasteiger partial charge in [0.25, 0.3) is 0 Å². The van der Waals surface area contributed by atoms with Crippen LogP contribution < -0.4 is 5.32 Å². The fourth-order valence-corrected chi connectivity index (χ4v) is 3.58. The van der Waals surface area contributed by atoms with Gasteiger partial charge in [-0.3, -0.25) is 4.79 Å². The van der Waals surface area contributed by atoms with Crippen LogP contribution in [0.3, 0.4) is 0 Å². The lowest BCUT2D eigenvalue weighted by molar-refractivity contribution is -0.136. The van der Waals surface area contributed by atoms with E-state index in [0.29, 0.717) is 12.0 Å². The molecule has 0 fully saturated rings. The number of amides is 2. The molecule has 0 aliphatic carbocycles. The normalized spacial score (nSPS) is 14.8. The highest BCUT2D eigenvalue weighted by molar-refractivity contribution is 6.02. The van der Waals surface area contributed by atoms with Crippen LogP contribution in [-0.4, -0.2) is 48.3 Å². The van der Waals surface area contributed by atoms with Gasteiger partial charge < -0.3 is 15.0 Å². The zero-order valence-corrected chi connectivity index (χ0v) is 18.8. The standard InChI is InChI=1S/C25H27F3N2O3/c1-24(2,3)33-23(32)30-13-12-20(21(15-30)22(31)29-16-25(26,27)28)19-11-7-10-18(14-19)17-8-5-4-6-9-17/h4-11,14H,12-13,15-16H2,1-3H3,(H,29,31). The van der Waals surface area contributed by atoms with Gasteiger partial charge in [0.15, 0.2) is 0 Å². The molecule has 0 atom stereocenters. The fourth-order valence-electron chi connectivity index (χ4n) is 3.58. The molecular formula is C25H27F3N2O3. The molecule has 2 amide bonds. The molecule has 1 aliphatic heterocycles. The molecule has 8 heteroatoms. The van der Waals surface area contributed by atoms with Crippen molar-refractivity contribution in [2.75, 3.05) is 19.6 Å². The molecule has 176 valence electrons. The quantitative estimate of drug-likeness (QED) is 0.662. The number of nitrogens with zero attached hydrogens (tertiary/aromatic N) is 1. The highest BCUT2D eigenvalue weighted by atomic mass is 19.4. The van der Waals surface area contributed by atoms with Crippen LogP contribution in [0.1, 0.15) is 32.8 Å². The van der Waals surface area contributed by atoms with Gasteiger partial charge >= 0.3 is 12.3 Å². The maximum atomic E-state index is 12.8. The van der Waals surface area contributed by atoms with E-state index in [1.165, 1.54) is 4.90 Å². The molecule has 1 aliphatic rings. The number of benzene rings is 2. The minimum absolute atomic E-state index is 0.126. The first kappa shape index (κ1) is 24.4. The third-order valence-corrected chi connectivity index (χ3v) is 5.04. The lowest BCUT2D eigenvalue weighted by Gasteiger charge is -2.32. The number of ether oxygens (including phenoxy) is 1. The summed E-state index contributed by atoms with van der Waals surface area (Å²) in [4.78, 5) is 26.7. The molecule has 2 aromatic rings. The van der Waals surface area contributed by atoms with Crippen LogP contribution in [-0.2, 0) is 9.53 Å². The first-order valence-electron chi connectivity index (χ1n) is 10.6. The summed E-state index contributed by atoms with van der Waals surface area (Å²) in [5, 5.41) is 1.95. The monoisotopic (exact) mass is 460 g/mol. The Balaban J connectivity index is 1.96. The van der Waals surface area contributed by atoms with E-state index in [1.807, 2.05) is 59.9 Å². The predicted molar refractivity (Wildman–Crippen MR) is 120 cm³/mol. The number of rotatable bonds is 4.